The summed E-state index contributed by atoms with van der Waals surface area (Å²) in [6.45, 7) is 4.18. The highest BCUT2D eigenvalue weighted by Crippen LogP contribution is 2.35. The molecule has 0 radical (unpaired) electrons. The van der Waals surface area contributed by atoms with Crippen LogP contribution in [-0.2, 0) is 23.9 Å². The highest BCUT2D eigenvalue weighted by atomic mass is 19.4. The van der Waals surface area contributed by atoms with E-state index < -0.39 is 17.3 Å². The number of benzene rings is 1. The molecule has 5 N–H and O–H groups in total. The third kappa shape index (κ3) is 6.44. The van der Waals surface area contributed by atoms with Crippen LogP contribution in [0.1, 0.15) is 62.6 Å². The summed E-state index contributed by atoms with van der Waals surface area (Å²) >= 11 is 0. The zero-order chi connectivity index (χ0) is 26.1. The lowest BCUT2D eigenvalue weighted by molar-refractivity contribution is -0.137. The molecule has 1 aromatic heterocycles. The molecule has 1 aromatic carbocycles. The van der Waals surface area contributed by atoms with Crippen molar-refractivity contribution in [3.63, 3.8) is 0 Å². The van der Waals surface area contributed by atoms with Crippen molar-refractivity contribution in [3.05, 3.63) is 41.1 Å². The van der Waals surface area contributed by atoms with Crippen molar-refractivity contribution >= 4 is 23.4 Å². The second-order valence-corrected chi connectivity index (χ2v) is 10.3. The van der Waals surface area contributed by atoms with Gasteiger partial charge in [0.15, 0.2) is 0 Å². The first-order valence-corrected chi connectivity index (χ1v) is 12.2. The van der Waals surface area contributed by atoms with Gasteiger partial charge in [0, 0.05) is 37.1 Å². The van der Waals surface area contributed by atoms with Crippen LogP contribution in [0, 0.1) is 0 Å². The minimum absolute atomic E-state index is 0.0487. The molecular formula is C25H33F3N6O2. The number of amides is 1. The van der Waals surface area contributed by atoms with Crippen molar-refractivity contribution in [1.82, 2.24) is 14.9 Å². The molecule has 1 saturated carbocycles. The summed E-state index contributed by atoms with van der Waals surface area (Å²) in [4.78, 5) is 22.3. The Bertz CT molecular complexity index is 1100. The Morgan fingerprint density at radius 3 is 2.67 bits per heavy atom. The minimum atomic E-state index is -4.60. The number of rotatable bonds is 6. The Morgan fingerprint density at radius 1 is 1.22 bits per heavy atom. The monoisotopic (exact) mass is 506 g/mol. The number of carbonyl (C=O) groups is 1. The van der Waals surface area contributed by atoms with Gasteiger partial charge in [0.2, 0.25) is 11.9 Å². The normalized spacial score (nSPS) is 20.6. The summed E-state index contributed by atoms with van der Waals surface area (Å²) in [5.74, 6) is -0.333. The molecule has 1 aliphatic heterocycles. The van der Waals surface area contributed by atoms with E-state index in [1.165, 1.54) is 0 Å². The van der Waals surface area contributed by atoms with E-state index in [4.69, 9.17) is 5.73 Å². The summed E-state index contributed by atoms with van der Waals surface area (Å²) in [7, 11) is 0. The number of hydrogen-bond donors (Lipinski definition) is 4. The van der Waals surface area contributed by atoms with E-state index >= 15 is 0 Å². The van der Waals surface area contributed by atoms with E-state index in [2.05, 4.69) is 20.6 Å². The molecule has 36 heavy (non-hydrogen) atoms. The van der Waals surface area contributed by atoms with Gasteiger partial charge in [-0.2, -0.15) is 18.2 Å². The average molecular weight is 507 g/mol. The summed E-state index contributed by atoms with van der Waals surface area (Å²) in [5.41, 5.74) is 6.80. The molecule has 2 aromatic rings. The number of anilines is 3. The molecule has 1 fully saturated rings. The smallest absolute Gasteiger partial charge is 0.390 e. The zero-order valence-corrected chi connectivity index (χ0v) is 20.5. The van der Waals surface area contributed by atoms with E-state index in [9.17, 15) is 23.1 Å². The van der Waals surface area contributed by atoms with Crippen LogP contribution in [0.2, 0.25) is 0 Å². The van der Waals surface area contributed by atoms with Crippen LogP contribution in [-0.4, -0.2) is 50.1 Å². The zero-order valence-electron chi connectivity index (χ0n) is 20.5. The molecule has 196 valence electrons. The summed E-state index contributed by atoms with van der Waals surface area (Å²) in [6.07, 6.45) is 0.176. The molecule has 4 rings (SSSR count). The maximum Gasteiger partial charge on any atom is 0.421 e. The molecule has 2 aliphatic rings. The van der Waals surface area contributed by atoms with E-state index in [-0.39, 0.29) is 36.2 Å². The fourth-order valence-corrected chi connectivity index (χ4v) is 4.73. The molecule has 1 aliphatic carbocycles. The number of aromatic nitrogens is 2. The first-order valence-electron chi connectivity index (χ1n) is 12.2. The Labute approximate surface area is 208 Å². The van der Waals surface area contributed by atoms with Gasteiger partial charge in [0.25, 0.3) is 0 Å². The minimum Gasteiger partial charge on any atom is -0.390 e. The van der Waals surface area contributed by atoms with E-state index in [1.807, 2.05) is 12.1 Å². The molecule has 0 saturated heterocycles. The van der Waals surface area contributed by atoms with Crippen molar-refractivity contribution in [1.29, 1.82) is 0 Å². The fourth-order valence-electron chi connectivity index (χ4n) is 4.73. The van der Waals surface area contributed by atoms with E-state index in [0.717, 1.165) is 36.6 Å². The average Bonchev–Trinajstić information content (AvgIpc) is 2.78. The number of carbonyl (C=O) groups excluding carboxylic acids is 1. The molecule has 2 atom stereocenters. The second kappa shape index (κ2) is 10.2. The lowest BCUT2D eigenvalue weighted by atomic mass is 9.91. The Kier molecular flexibility index (Phi) is 7.42. The first kappa shape index (κ1) is 26.2. The summed E-state index contributed by atoms with van der Waals surface area (Å²) in [5, 5.41) is 15.9. The highest BCUT2D eigenvalue weighted by Gasteiger charge is 2.36. The summed E-state index contributed by atoms with van der Waals surface area (Å²) in [6, 6.07) is 5.05. The number of nitrogens with one attached hydrogen (secondary N) is 2. The van der Waals surface area contributed by atoms with Gasteiger partial charge in [-0.3, -0.25) is 4.79 Å². The van der Waals surface area contributed by atoms with Crippen molar-refractivity contribution in [2.24, 2.45) is 5.73 Å². The molecule has 1 amide bonds. The third-order valence-corrected chi connectivity index (χ3v) is 6.65. The van der Waals surface area contributed by atoms with Crippen LogP contribution < -0.4 is 16.4 Å². The molecular weight excluding hydrogens is 473 g/mol. The molecule has 2 heterocycles. The largest absolute Gasteiger partial charge is 0.421 e. The lowest BCUT2D eigenvalue weighted by Gasteiger charge is -2.31. The van der Waals surface area contributed by atoms with Crippen molar-refractivity contribution in [2.45, 2.75) is 82.8 Å². The van der Waals surface area contributed by atoms with Crippen molar-refractivity contribution in [3.8, 4) is 0 Å². The van der Waals surface area contributed by atoms with E-state index in [0.29, 0.717) is 31.6 Å². The number of alkyl halides is 3. The highest BCUT2D eigenvalue weighted by molar-refractivity contribution is 5.77. The lowest BCUT2D eigenvalue weighted by Crippen LogP contribution is -2.43. The van der Waals surface area contributed by atoms with Gasteiger partial charge < -0.3 is 26.4 Å². The predicted octanol–water partition coefficient (Wildman–Crippen LogP) is 3.97. The molecule has 11 heteroatoms. The molecule has 0 unspecified atom stereocenters. The number of nitrogens with two attached hydrogens (primary N) is 1. The number of fused-ring (bicyclic) bond motifs is 1. The summed E-state index contributed by atoms with van der Waals surface area (Å²) < 4.78 is 40.8. The Balaban J connectivity index is 1.50. The standard InChI is InChI=1S/C25H33F3N6O2/c1-24(2,36)12-21(35)34-10-9-15-11-17(8-7-16(15)14-34)31-23-30-13-18(25(26,27)28)22(33-23)32-20-6-4-3-5-19(20)29/h7-8,11,13,19-20,36H,3-6,9-10,12,14,29H2,1-2H3,(H2,30,31,32,33)/t19-,20+/m0/s1. The van der Waals surface area contributed by atoms with Crippen molar-refractivity contribution < 1.29 is 23.1 Å². The van der Waals surface area contributed by atoms with Crippen LogP contribution in [0.4, 0.5) is 30.6 Å². The van der Waals surface area contributed by atoms with Gasteiger partial charge in [-0.05, 0) is 56.4 Å². The van der Waals surface area contributed by atoms with Gasteiger partial charge in [-0.1, -0.05) is 18.9 Å². The quantitative estimate of drug-likeness (QED) is 0.469. The van der Waals surface area contributed by atoms with Crippen LogP contribution in [0.5, 0.6) is 0 Å². The maximum absolute atomic E-state index is 13.6. The number of halogens is 3. The van der Waals surface area contributed by atoms with E-state index in [1.54, 1.807) is 24.8 Å². The van der Waals surface area contributed by atoms with Crippen molar-refractivity contribution in [2.75, 3.05) is 17.2 Å². The Morgan fingerprint density at radius 2 is 1.97 bits per heavy atom. The fraction of sp³-hybridized carbons (Fsp3) is 0.560. The first-order chi connectivity index (χ1) is 16.9. The van der Waals surface area contributed by atoms with Gasteiger partial charge in [0.1, 0.15) is 11.4 Å². The third-order valence-electron chi connectivity index (χ3n) is 6.65. The van der Waals surface area contributed by atoms with Gasteiger partial charge in [0.05, 0.1) is 12.0 Å². The number of nitrogens with zero attached hydrogens (tertiary/aromatic N) is 3. The molecule has 8 nitrogen and oxygen atoms in total. The van der Waals surface area contributed by atoms with Crippen LogP contribution in [0.25, 0.3) is 0 Å². The van der Waals surface area contributed by atoms with Gasteiger partial charge in [-0.15, -0.1) is 0 Å². The van der Waals surface area contributed by atoms with Crippen LogP contribution in [0.3, 0.4) is 0 Å². The SMILES string of the molecule is CC(C)(O)CC(=O)N1CCc2cc(Nc3ncc(C(F)(F)F)c(N[C@@H]4CCCC[C@@H]4N)n3)ccc2C1. The topological polar surface area (TPSA) is 116 Å². The predicted molar refractivity (Wildman–Crippen MR) is 131 cm³/mol. The number of aliphatic hydroxyl groups is 1. The Hall–Kier alpha value is -2.92. The second-order valence-electron chi connectivity index (χ2n) is 10.3. The molecule has 0 spiro atoms. The molecule has 0 bridgehead atoms. The van der Waals surface area contributed by atoms with Gasteiger partial charge in [-0.25, -0.2) is 4.98 Å². The van der Waals surface area contributed by atoms with Crippen LogP contribution in [0.15, 0.2) is 24.4 Å². The number of hydrogen-bond acceptors (Lipinski definition) is 7. The van der Waals surface area contributed by atoms with Crippen LogP contribution >= 0.6 is 0 Å². The van der Waals surface area contributed by atoms with Gasteiger partial charge >= 0.3 is 6.18 Å². The maximum atomic E-state index is 13.6.